The smallest absolute Gasteiger partial charge is 0.234 e. The fraction of sp³-hybridized carbons (Fsp3) is 0.519. The Morgan fingerprint density at radius 2 is 1.59 bits per heavy atom. The average molecular weight is 436 g/mol. The van der Waals surface area contributed by atoms with Gasteiger partial charge in [0.25, 0.3) is 0 Å². The van der Waals surface area contributed by atoms with Crippen LogP contribution in [0.1, 0.15) is 36.9 Å². The van der Waals surface area contributed by atoms with E-state index in [-0.39, 0.29) is 18.0 Å². The van der Waals surface area contributed by atoms with Crippen LogP contribution in [0.5, 0.6) is 0 Å². The van der Waals surface area contributed by atoms with Gasteiger partial charge in [0.05, 0.1) is 25.8 Å². The van der Waals surface area contributed by atoms with E-state index in [0.29, 0.717) is 6.54 Å². The summed E-state index contributed by atoms with van der Waals surface area (Å²) in [6.07, 6.45) is 3.48. The minimum Gasteiger partial charge on any atom is -0.379 e. The summed E-state index contributed by atoms with van der Waals surface area (Å²) in [7, 11) is 0. The summed E-state index contributed by atoms with van der Waals surface area (Å²) in [6, 6.07) is 21.5. The first kappa shape index (κ1) is 23.0. The predicted molar refractivity (Wildman–Crippen MR) is 128 cm³/mol. The number of hydrogen-bond donors (Lipinski definition) is 1. The third-order valence-corrected chi connectivity index (χ3v) is 6.88. The molecule has 32 heavy (non-hydrogen) atoms. The molecular weight excluding hydrogens is 398 g/mol. The lowest BCUT2D eigenvalue weighted by Crippen LogP contribution is -2.50. The molecule has 2 heterocycles. The summed E-state index contributed by atoms with van der Waals surface area (Å²) in [5.41, 5.74) is 2.68. The first-order valence-corrected chi connectivity index (χ1v) is 12.1. The van der Waals surface area contributed by atoms with Crippen LogP contribution >= 0.6 is 0 Å². The Kier molecular flexibility index (Phi) is 8.32. The van der Waals surface area contributed by atoms with Crippen LogP contribution in [0.2, 0.25) is 0 Å². The van der Waals surface area contributed by atoms with E-state index in [0.717, 1.165) is 64.6 Å². The number of likely N-dealkylation sites (tertiary alicyclic amines) is 1. The third-order valence-electron chi connectivity index (χ3n) is 6.88. The number of amides is 1. The molecule has 0 aromatic heterocycles. The van der Waals surface area contributed by atoms with Crippen LogP contribution < -0.4 is 5.32 Å². The summed E-state index contributed by atoms with van der Waals surface area (Å²) < 4.78 is 5.56. The molecule has 0 spiro atoms. The van der Waals surface area contributed by atoms with Gasteiger partial charge in [0, 0.05) is 19.1 Å². The van der Waals surface area contributed by atoms with Crippen LogP contribution in [0.25, 0.3) is 0 Å². The van der Waals surface area contributed by atoms with Crippen molar-refractivity contribution in [3.05, 3.63) is 71.8 Å². The van der Waals surface area contributed by atoms with Crippen LogP contribution in [0, 0.1) is 5.92 Å². The van der Waals surface area contributed by atoms with E-state index in [4.69, 9.17) is 4.74 Å². The van der Waals surface area contributed by atoms with E-state index >= 15 is 0 Å². The Balaban J connectivity index is 1.28. The van der Waals surface area contributed by atoms with Gasteiger partial charge in [-0.2, -0.15) is 0 Å². The van der Waals surface area contributed by atoms with Crippen molar-refractivity contribution in [3.8, 4) is 0 Å². The number of carbonyl (C=O) groups excluding carboxylic acids is 1. The number of benzene rings is 2. The van der Waals surface area contributed by atoms with Gasteiger partial charge in [0.1, 0.15) is 0 Å². The normalized spacial score (nSPS) is 20.5. The molecule has 172 valence electrons. The standard InChI is InChI=1S/C27H37N3O2/c1-22(27(25-10-6-3-7-11-25)30-16-18-32-19-17-30)28-26(31)21-29-14-12-24(13-15-29)20-23-8-4-2-5-9-23/h2-11,22,24,27H,12-21H2,1H3,(H,28,31)/t22-,27-/m0/s1. The molecular formula is C27H37N3O2. The Bertz CT molecular complexity index is 815. The van der Waals surface area contributed by atoms with E-state index in [1.54, 1.807) is 0 Å². The highest BCUT2D eigenvalue weighted by Crippen LogP contribution is 2.26. The molecule has 0 unspecified atom stereocenters. The van der Waals surface area contributed by atoms with Gasteiger partial charge >= 0.3 is 0 Å². The van der Waals surface area contributed by atoms with Crippen LogP contribution in [0.3, 0.4) is 0 Å². The SMILES string of the molecule is C[C@H](NC(=O)CN1CCC(Cc2ccccc2)CC1)[C@@H](c1ccccc1)N1CCOCC1. The maximum Gasteiger partial charge on any atom is 0.234 e. The van der Waals surface area contributed by atoms with Gasteiger partial charge in [-0.3, -0.25) is 14.6 Å². The van der Waals surface area contributed by atoms with Gasteiger partial charge in [-0.25, -0.2) is 0 Å². The number of hydrogen-bond acceptors (Lipinski definition) is 4. The van der Waals surface area contributed by atoms with E-state index in [2.05, 4.69) is 76.6 Å². The topological polar surface area (TPSA) is 44.8 Å². The molecule has 2 aliphatic heterocycles. The molecule has 1 N–H and O–H groups in total. The van der Waals surface area contributed by atoms with Gasteiger partial charge in [-0.05, 0) is 56.3 Å². The van der Waals surface area contributed by atoms with Crippen LogP contribution in [-0.2, 0) is 16.0 Å². The van der Waals surface area contributed by atoms with Gasteiger partial charge in [0.2, 0.25) is 5.91 Å². The van der Waals surface area contributed by atoms with Gasteiger partial charge in [0.15, 0.2) is 0 Å². The highest BCUT2D eigenvalue weighted by atomic mass is 16.5. The first-order valence-electron chi connectivity index (χ1n) is 12.1. The molecule has 5 heteroatoms. The first-order chi connectivity index (χ1) is 15.7. The minimum atomic E-state index is 0.0404. The van der Waals surface area contributed by atoms with Crippen molar-refractivity contribution in [2.75, 3.05) is 45.9 Å². The van der Waals surface area contributed by atoms with E-state index in [1.165, 1.54) is 11.1 Å². The fourth-order valence-electron chi connectivity index (χ4n) is 5.20. The van der Waals surface area contributed by atoms with E-state index < -0.39 is 0 Å². The second-order valence-corrected chi connectivity index (χ2v) is 9.27. The van der Waals surface area contributed by atoms with E-state index in [1.807, 2.05) is 6.07 Å². The number of ether oxygens (including phenoxy) is 1. The number of rotatable bonds is 8. The van der Waals surface area contributed by atoms with Crippen molar-refractivity contribution in [2.45, 2.75) is 38.3 Å². The maximum absolute atomic E-state index is 12.9. The van der Waals surface area contributed by atoms with Crippen molar-refractivity contribution in [2.24, 2.45) is 5.92 Å². The molecule has 1 amide bonds. The van der Waals surface area contributed by atoms with Gasteiger partial charge < -0.3 is 10.1 Å². The highest BCUT2D eigenvalue weighted by molar-refractivity contribution is 5.78. The zero-order valence-electron chi connectivity index (χ0n) is 19.3. The Labute approximate surface area is 192 Å². The van der Waals surface area contributed by atoms with Crippen LogP contribution in [0.15, 0.2) is 60.7 Å². The average Bonchev–Trinajstić information content (AvgIpc) is 2.82. The number of carbonyl (C=O) groups is 1. The summed E-state index contributed by atoms with van der Waals surface area (Å²) in [6.45, 7) is 7.94. The Morgan fingerprint density at radius 1 is 0.969 bits per heavy atom. The van der Waals surface area contributed by atoms with Crippen molar-refractivity contribution in [1.82, 2.24) is 15.1 Å². The largest absolute Gasteiger partial charge is 0.379 e. The molecule has 0 bridgehead atoms. The molecule has 2 saturated heterocycles. The Hall–Kier alpha value is -2.21. The van der Waals surface area contributed by atoms with Gasteiger partial charge in [-0.15, -0.1) is 0 Å². The molecule has 2 aromatic rings. The second kappa shape index (κ2) is 11.6. The minimum absolute atomic E-state index is 0.0404. The second-order valence-electron chi connectivity index (χ2n) is 9.27. The van der Waals surface area contributed by atoms with Crippen LogP contribution in [0.4, 0.5) is 0 Å². The molecule has 0 aliphatic carbocycles. The summed E-state index contributed by atoms with van der Waals surface area (Å²) >= 11 is 0. The molecule has 2 aliphatic rings. The quantitative estimate of drug-likeness (QED) is 0.689. The molecule has 0 radical (unpaired) electrons. The zero-order valence-corrected chi connectivity index (χ0v) is 19.3. The maximum atomic E-state index is 12.9. The number of nitrogens with zero attached hydrogens (tertiary/aromatic N) is 2. The Morgan fingerprint density at radius 3 is 2.25 bits per heavy atom. The van der Waals surface area contributed by atoms with Crippen molar-refractivity contribution in [3.63, 3.8) is 0 Å². The molecule has 4 rings (SSSR count). The summed E-state index contributed by atoms with van der Waals surface area (Å²) in [5.74, 6) is 0.854. The third kappa shape index (κ3) is 6.41. The predicted octanol–water partition coefficient (Wildman–Crippen LogP) is 3.52. The monoisotopic (exact) mass is 435 g/mol. The number of morpholine rings is 1. The molecule has 2 aromatic carbocycles. The van der Waals surface area contributed by atoms with Crippen LogP contribution in [-0.4, -0.2) is 67.7 Å². The highest BCUT2D eigenvalue weighted by Gasteiger charge is 2.29. The lowest BCUT2D eigenvalue weighted by Gasteiger charge is -2.39. The summed E-state index contributed by atoms with van der Waals surface area (Å²) in [4.78, 5) is 17.7. The fourth-order valence-corrected chi connectivity index (χ4v) is 5.20. The lowest BCUT2D eigenvalue weighted by molar-refractivity contribution is -0.123. The van der Waals surface area contributed by atoms with E-state index in [9.17, 15) is 4.79 Å². The van der Waals surface area contributed by atoms with Crippen molar-refractivity contribution in [1.29, 1.82) is 0 Å². The van der Waals surface area contributed by atoms with Crippen molar-refractivity contribution >= 4 is 5.91 Å². The van der Waals surface area contributed by atoms with Crippen molar-refractivity contribution < 1.29 is 9.53 Å². The molecule has 0 saturated carbocycles. The molecule has 5 nitrogen and oxygen atoms in total. The summed E-state index contributed by atoms with van der Waals surface area (Å²) in [5, 5.41) is 3.31. The van der Waals surface area contributed by atoms with Gasteiger partial charge in [-0.1, -0.05) is 60.7 Å². The molecule has 2 atom stereocenters. The molecule has 2 fully saturated rings. The zero-order chi connectivity index (χ0) is 22.2. The lowest BCUT2D eigenvalue weighted by atomic mass is 9.90. The number of piperidine rings is 1. The number of nitrogens with one attached hydrogen (secondary N) is 1.